The van der Waals surface area contributed by atoms with Crippen molar-refractivity contribution >= 4 is 11.6 Å². The molecule has 3 atom stereocenters. The van der Waals surface area contributed by atoms with Gasteiger partial charge in [0.25, 0.3) is 0 Å². The first-order valence-electron chi connectivity index (χ1n) is 7.22. The summed E-state index contributed by atoms with van der Waals surface area (Å²) in [6.07, 6.45) is 1.43. The molecule has 4 nitrogen and oxygen atoms in total. The lowest BCUT2D eigenvalue weighted by Crippen LogP contribution is -2.60. The molecule has 22 heavy (non-hydrogen) atoms. The Morgan fingerprint density at radius 3 is 2.41 bits per heavy atom. The maximum absolute atomic E-state index is 12.6. The number of aliphatic hydroxyl groups is 1. The summed E-state index contributed by atoms with van der Waals surface area (Å²) in [7, 11) is 0. The Hall–Kier alpha value is -2.20. The van der Waals surface area contributed by atoms with Gasteiger partial charge in [-0.1, -0.05) is 30.3 Å². The molecule has 1 aliphatic carbocycles. The minimum absolute atomic E-state index is 0.248. The Bertz CT molecular complexity index is 741. The number of fused-ring (bicyclic) bond motifs is 1. The SMILES string of the molecule is CC(=O)[C@@]1(C)[C@H](c2ccccc2)c2occc2C(=O)[C@]1(C)O. The van der Waals surface area contributed by atoms with Crippen LogP contribution in [-0.2, 0) is 4.79 Å². The van der Waals surface area contributed by atoms with Crippen LogP contribution in [0.15, 0.2) is 47.1 Å². The van der Waals surface area contributed by atoms with Gasteiger partial charge in [0.15, 0.2) is 5.78 Å². The summed E-state index contributed by atoms with van der Waals surface area (Å²) in [4.78, 5) is 25.1. The van der Waals surface area contributed by atoms with Crippen molar-refractivity contribution in [3.05, 3.63) is 59.5 Å². The lowest BCUT2D eigenvalue weighted by atomic mass is 9.55. The average Bonchev–Trinajstić information content (AvgIpc) is 2.95. The van der Waals surface area contributed by atoms with E-state index in [-0.39, 0.29) is 5.78 Å². The Morgan fingerprint density at radius 1 is 1.18 bits per heavy atom. The third kappa shape index (κ3) is 1.67. The molecule has 2 aromatic rings. The van der Waals surface area contributed by atoms with Crippen LogP contribution in [0.5, 0.6) is 0 Å². The molecule has 0 aliphatic heterocycles. The molecule has 3 rings (SSSR count). The second-order valence-electron chi connectivity index (χ2n) is 6.20. The Labute approximate surface area is 128 Å². The van der Waals surface area contributed by atoms with Crippen molar-refractivity contribution in [3.63, 3.8) is 0 Å². The van der Waals surface area contributed by atoms with Crippen LogP contribution < -0.4 is 0 Å². The fourth-order valence-electron chi connectivity index (χ4n) is 3.45. The predicted molar refractivity (Wildman–Crippen MR) is 80.7 cm³/mol. The van der Waals surface area contributed by atoms with E-state index in [0.717, 1.165) is 5.56 Å². The zero-order chi connectivity index (χ0) is 16.1. The summed E-state index contributed by atoms with van der Waals surface area (Å²) in [5.41, 5.74) is -1.91. The number of rotatable bonds is 2. The zero-order valence-corrected chi connectivity index (χ0v) is 12.8. The van der Waals surface area contributed by atoms with E-state index >= 15 is 0 Å². The van der Waals surface area contributed by atoms with Gasteiger partial charge in [-0.2, -0.15) is 0 Å². The van der Waals surface area contributed by atoms with Crippen LogP contribution in [0.1, 0.15) is 48.4 Å². The van der Waals surface area contributed by atoms with Gasteiger partial charge in [0.05, 0.1) is 23.2 Å². The summed E-state index contributed by atoms with van der Waals surface area (Å²) in [5.74, 6) is -0.785. The highest BCUT2D eigenvalue weighted by molar-refractivity contribution is 6.09. The monoisotopic (exact) mass is 298 g/mol. The average molecular weight is 298 g/mol. The van der Waals surface area contributed by atoms with Gasteiger partial charge in [-0.3, -0.25) is 9.59 Å². The van der Waals surface area contributed by atoms with Crippen LogP contribution in [0, 0.1) is 5.41 Å². The number of furan rings is 1. The topological polar surface area (TPSA) is 67.5 Å². The van der Waals surface area contributed by atoms with Gasteiger partial charge in [0, 0.05) is 0 Å². The minimum Gasteiger partial charge on any atom is -0.468 e. The van der Waals surface area contributed by atoms with E-state index in [2.05, 4.69) is 0 Å². The number of hydrogen-bond acceptors (Lipinski definition) is 4. The van der Waals surface area contributed by atoms with E-state index in [1.165, 1.54) is 20.1 Å². The predicted octanol–water partition coefficient (Wildman–Crippen LogP) is 2.95. The number of Topliss-reactive ketones (excluding diaryl/α,β-unsaturated/α-hetero) is 2. The van der Waals surface area contributed by atoms with E-state index in [1.54, 1.807) is 13.0 Å². The first-order chi connectivity index (χ1) is 10.3. The van der Waals surface area contributed by atoms with Gasteiger partial charge in [-0.25, -0.2) is 0 Å². The van der Waals surface area contributed by atoms with Crippen molar-refractivity contribution in [2.24, 2.45) is 5.41 Å². The number of carbonyl (C=O) groups is 2. The molecule has 0 unspecified atom stereocenters. The second-order valence-corrected chi connectivity index (χ2v) is 6.20. The van der Waals surface area contributed by atoms with Crippen molar-refractivity contribution < 1.29 is 19.1 Å². The normalized spacial score (nSPS) is 30.9. The molecule has 1 N–H and O–H groups in total. The van der Waals surface area contributed by atoms with Crippen molar-refractivity contribution in [2.75, 3.05) is 0 Å². The molecule has 0 amide bonds. The van der Waals surface area contributed by atoms with Crippen LogP contribution in [0.3, 0.4) is 0 Å². The maximum Gasteiger partial charge on any atom is 0.198 e. The van der Waals surface area contributed by atoms with E-state index in [1.807, 2.05) is 30.3 Å². The van der Waals surface area contributed by atoms with Gasteiger partial charge in [0.2, 0.25) is 0 Å². The summed E-state index contributed by atoms with van der Waals surface area (Å²) in [5, 5.41) is 10.9. The van der Waals surface area contributed by atoms with Crippen molar-refractivity contribution in [3.8, 4) is 0 Å². The van der Waals surface area contributed by atoms with E-state index in [4.69, 9.17) is 4.42 Å². The van der Waals surface area contributed by atoms with Crippen LogP contribution in [0.4, 0.5) is 0 Å². The van der Waals surface area contributed by atoms with Crippen LogP contribution in [0.2, 0.25) is 0 Å². The molecule has 1 aliphatic rings. The van der Waals surface area contributed by atoms with Gasteiger partial charge in [0.1, 0.15) is 17.1 Å². The second kappa shape index (κ2) is 4.65. The van der Waals surface area contributed by atoms with Crippen molar-refractivity contribution in [2.45, 2.75) is 32.3 Å². The Morgan fingerprint density at radius 2 is 1.82 bits per heavy atom. The highest BCUT2D eigenvalue weighted by Gasteiger charge is 2.62. The smallest absolute Gasteiger partial charge is 0.198 e. The van der Waals surface area contributed by atoms with Crippen LogP contribution >= 0.6 is 0 Å². The standard InChI is InChI=1S/C18H18O4/c1-11(19)17(2)14(12-7-5-4-6-8-12)15-13(9-10-22-15)16(20)18(17,3)21/h4-10,14,21H,1-3H3/t14-,17+,18+/m1/s1. The molecule has 4 heteroatoms. The van der Waals surface area contributed by atoms with Crippen molar-refractivity contribution in [1.29, 1.82) is 0 Å². The molecule has 0 saturated heterocycles. The number of ketones is 2. The van der Waals surface area contributed by atoms with E-state index < -0.39 is 22.7 Å². The van der Waals surface area contributed by atoms with E-state index in [0.29, 0.717) is 11.3 Å². The molecular weight excluding hydrogens is 280 g/mol. The molecule has 0 spiro atoms. The maximum atomic E-state index is 12.6. The van der Waals surface area contributed by atoms with Gasteiger partial charge in [-0.05, 0) is 32.4 Å². The minimum atomic E-state index is -1.80. The third-order valence-electron chi connectivity index (χ3n) is 5.10. The quantitative estimate of drug-likeness (QED) is 0.925. The van der Waals surface area contributed by atoms with Gasteiger partial charge >= 0.3 is 0 Å². The van der Waals surface area contributed by atoms with Crippen LogP contribution in [-0.4, -0.2) is 22.3 Å². The first-order valence-corrected chi connectivity index (χ1v) is 7.22. The summed E-state index contributed by atoms with van der Waals surface area (Å²) < 4.78 is 5.55. The van der Waals surface area contributed by atoms with E-state index in [9.17, 15) is 14.7 Å². The molecule has 0 saturated carbocycles. The largest absolute Gasteiger partial charge is 0.468 e. The fourth-order valence-corrected chi connectivity index (χ4v) is 3.45. The summed E-state index contributed by atoms with van der Waals surface area (Å²) in [6, 6.07) is 10.9. The third-order valence-corrected chi connectivity index (χ3v) is 5.10. The van der Waals surface area contributed by atoms with Crippen molar-refractivity contribution in [1.82, 2.24) is 0 Å². The Balaban J connectivity index is 2.35. The zero-order valence-electron chi connectivity index (χ0n) is 12.8. The number of carbonyl (C=O) groups excluding carboxylic acids is 2. The van der Waals surface area contributed by atoms with Gasteiger partial charge < -0.3 is 9.52 Å². The molecular formula is C18H18O4. The molecule has 114 valence electrons. The molecule has 1 aromatic heterocycles. The van der Waals surface area contributed by atoms with Crippen LogP contribution in [0.25, 0.3) is 0 Å². The molecule has 1 aromatic carbocycles. The first kappa shape index (κ1) is 14.7. The highest BCUT2D eigenvalue weighted by atomic mass is 16.3. The highest BCUT2D eigenvalue weighted by Crippen LogP contribution is 2.54. The lowest BCUT2D eigenvalue weighted by Gasteiger charge is -2.47. The number of benzene rings is 1. The summed E-state index contributed by atoms with van der Waals surface area (Å²) >= 11 is 0. The molecule has 1 heterocycles. The number of hydrogen-bond donors (Lipinski definition) is 1. The molecule has 0 fully saturated rings. The van der Waals surface area contributed by atoms with Gasteiger partial charge in [-0.15, -0.1) is 0 Å². The summed E-state index contributed by atoms with van der Waals surface area (Å²) in [6.45, 7) is 4.46. The fraction of sp³-hybridized carbons (Fsp3) is 0.333. The lowest BCUT2D eigenvalue weighted by molar-refractivity contribution is -0.140. The molecule has 0 radical (unpaired) electrons. The molecule has 0 bridgehead atoms. The Kier molecular flexibility index (Phi) is 3.11.